The number of para-hydroxylation sites is 1. The van der Waals surface area contributed by atoms with Crippen LogP contribution in [0.15, 0.2) is 58.5 Å². The van der Waals surface area contributed by atoms with E-state index in [1.807, 2.05) is 0 Å². The largest absolute Gasteiger partial charge is 0.451 e. The van der Waals surface area contributed by atoms with Gasteiger partial charge in [0.15, 0.2) is 0 Å². The number of nitrogens with zero attached hydrogens (tertiary/aromatic N) is 3. The van der Waals surface area contributed by atoms with Crippen molar-refractivity contribution in [1.29, 1.82) is 0 Å². The maximum atomic E-state index is 13.2. The maximum absolute atomic E-state index is 13.2. The zero-order valence-corrected chi connectivity index (χ0v) is 19.4. The lowest BCUT2D eigenvalue weighted by Crippen LogP contribution is -2.30. The van der Waals surface area contributed by atoms with Crippen molar-refractivity contribution in [1.82, 2.24) is 14.3 Å². The summed E-state index contributed by atoms with van der Waals surface area (Å²) in [6.07, 6.45) is -4.72. The van der Waals surface area contributed by atoms with Gasteiger partial charge in [0.2, 0.25) is 21.8 Å². The first kappa shape index (κ1) is 24.9. The smallest absolute Gasteiger partial charge is 0.325 e. The molecule has 0 bridgehead atoms. The number of rotatable bonds is 8. The van der Waals surface area contributed by atoms with E-state index in [-0.39, 0.29) is 26.9 Å². The minimum Gasteiger partial charge on any atom is -0.325 e. The number of anilines is 1. The quantitative estimate of drug-likeness (QED) is 0.365. The first-order valence-electron chi connectivity index (χ1n) is 9.93. The molecule has 3 rings (SSSR count). The van der Waals surface area contributed by atoms with Crippen molar-refractivity contribution in [2.45, 2.75) is 29.9 Å². The lowest BCUT2D eigenvalue weighted by atomic mass is 10.2. The number of aromatic nitrogens is 2. The van der Waals surface area contributed by atoms with Gasteiger partial charge < -0.3 is 5.32 Å². The van der Waals surface area contributed by atoms with Crippen LogP contribution in [0.4, 0.5) is 18.9 Å². The van der Waals surface area contributed by atoms with Crippen LogP contribution < -0.4 is 5.32 Å². The summed E-state index contributed by atoms with van der Waals surface area (Å²) in [4.78, 5) is 19.6. The highest BCUT2D eigenvalue weighted by Gasteiger charge is 2.35. The summed E-state index contributed by atoms with van der Waals surface area (Å²) in [5, 5.41) is 3.01. The second kappa shape index (κ2) is 10.1. The molecule has 1 aromatic heterocycles. The number of thioether (sulfide) groups is 1. The number of carbonyl (C=O) groups excluding carboxylic acids is 1. The van der Waals surface area contributed by atoms with Crippen molar-refractivity contribution in [3.63, 3.8) is 0 Å². The fourth-order valence-electron chi connectivity index (χ4n) is 3.06. The van der Waals surface area contributed by atoms with Crippen molar-refractivity contribution in [2.75, 3.05) is 24.2 Å². The average Bonchev–Trinajstić information content (AvgIpc) is 2.77. The molecule has 3 aromatic rings. The second-order valence-corrected chi connectivity index (χ2v) is 9.72. The Morgan fingerprint density at radius 1 is 1.06 bits per heavy atom. The molecule has 0 aliphatic rings. The molecule has 0 radical (unpaired) electrons. The highest BCUT2D eigenvalue weighted by molar-refractivity contribution is 8.00. The van der Waals surface area contributed by atoms with Gasteiger partial charge in [-0.3, -0.25) is 4.79 Å². The molecule has 1 N–H and O–H groups in total. The number of fused-ring (bicyclic) bond motifs is 1. The fourth-order valence-corrected chi connectivity index (χ4v) is 5.39. The first-order chi connectivity index (χ1) is 15.6. The van der Waals surface area contributed by atoms with Crippen LogP contribution >= 0.6 is 11.8 Å². The van der Waals surface area contributed by atoms with Crippen LogP contribution in [0.3, 0.4) is 0 Å². The van der Waals surface area contributed by atoms with Crippen molar-refractivity contribution < 1.29 is 26.4 Å². The molecule has 1 amide bonds. The van der Waals surface area contributed by atoms with Crippen molar-refractivity contribution in [3.05, 3.63) is 54.4 Å². The Hall–Kier alpha value is -2.70. The second-order valence-electron chi connectivity index (χ2n) is 6.82. The van der Waals surface area contributed by atoms with E-state index >= 15 is 0 Å². The van der Waals surface area contributed by atoms with E-state index in [1.54, 1.807) is 32.0 Å². The van der Waals surface area contributed by atoms with E-state index in [2.05, 4.69) is 15.3 Å². The molecule has 2 aromatic carbocycles. The number of halogens is 3. The lowest BCUT2D eigenvalue weighted by molar-refractivity contribution is -0.145. The highest BCUT2D eigenvalue weighted by Crippen LogP contribution is 2.32. The Kier molecular flexibility index (Phi) is 7.60. The first-order valence-corrected chi connectivity index (χ1v) is 12.4. The van der Waals surface area contributed by atoms with Crippen LogP contribution in [0.25, 0.3) is 10.9 Å². The molecule has 0 spiro atoms. The minimum atomic E-state index is -4.72. The Bertz CT molecular complexity index is 1260. The molecule has 0 atom stereocenters. The average molecular weight is 499 g/mol. The van der Waals surface area contributed by atoms with Gasteiger partial charge in [-0.2, -0.15) is 17.5 Å². The van der Waals surface area contributed by atoms with Gasteiger partial charge in [-0.25, -0.2) is 18.4 Å². The zero-order valence-electron chi connectivity index (χ0n) is 17.8. The topological polar surface area (TPSA) is 92.3 Å². The third-order valence-corrected chi connectivity index (χ3v) is 7.66. The van der Waals surface area contributed by atoms with E-state index in [9.17, 15) is 26.4 Å². The van der Waals surface area contributed by atoms with Crippen LogP contribution in [0.5, 0.6) is 0 Å². The van der Waals surface area contributed by atoms with E-state index in [4.69, 9.17) is 0 Å². The van der Waals surface area contributed by atoms with E-state index < -0.39 is 27.9 Å². The molecule has 0 saturated carbocycles. The number of nitrogens with one attached hydrogen (secondary N) is 1. The van der Waals surface area contributed by atoms with Crippen molar-refractivity contribution in [3.8, 4) is 0 Å². The Morgan fingerprint density at radius 2 is 1.76 bits per heavy atom. The molecule has 12 heteroatoms. The van der Waals surface area contributed by atoms with Crippen LogP contribution in [-0.4, -0.2) is 47.4 Å². The van der Waals surface area contributed by atoms with E-state index in [0.29, 0.717) is 18.5 Å². The summed E-state index contributed by atoms with van der Waals surface area (Å²) in [5.74, 6) is -2.03. The Balaban J connectivity index is 1.77. The molecule has 0 saturated heterocycles. The van der Waals surface area contributed by atoms with E-state index in [0.717, 1.165) is 11.8 Å². The molecular formula is C21H21F3N4O3S2. The van der Waals surface area contributed by atoms with Gasteiger partial charge in [-0.1, -0.05) is 49.9 Å². The monoisotopic (exact) mass is 498 g/mol. The summed E-state index contributed by atoms with van der Waals surface area (Å²) < 4.78 is 66.1. The van der Waals surface area contributed by atoms with Gasteiger partial charge in [-0.05, 0) is 24.3 Å². The normalized spacial score (nSPS) is 12.3. The Morgan fingerprint density at radius 3 is 2.42 bits per heavy atom. The predicted molar refractivity (Wildman–Crippen MR) is 120 cm³/mol. The molecule has 0 aliphatic heterocycles. The van der Waals surface area contributed by atoms with Gasteiger partial charge in [-0.15, -0.1) is 0 Å². The van der Waals surface area contributed by atoms with Crippen LogP contribution in [-0.2, 0) is 21.0 Å². The van der Waals surface area contributed by atoms with Gasteiger partial charge in [0.25, 0.3) is 0 Å². The summed E-state index contributed by atoms with van der Waals surface area (Å²) in [5.41, 5.74) is 0.384. The van der Waals surface area contributed by atoms with Gasteiger partial charge in [0.05, 0.1) is 16.2 Å². The molecule has 0 unspecified atom stereocenters. The minimum absolute atomic E-state index is 0.0286. The summed E-state index contributed by atoms with van der Waals surface area (Å²) in [6.45, 7) is 4.06. The van der Waals surface area contributed by atoms with Crippen LogP contribution in [0, 0.1) is 0 Å². The number of benzene rings is 2. The molecule has 7 nitrogen and oxygen atoms in total. The predicted octanol–water partition coefficient (Wildman–Crippen LogP) is 4.41. The molecule has 176 valence electrons. The highest BCUT2D eigenvalue weighted by atomic mass is 32.2. The molecule has 33 heavy (non-hydrogen) atoms. The van der Waals surface area contributed by atoms with Gasteiger partial charge in [0, 0.05) is 24.2 Å². The Labute approximate surface area is 193 Å². The number of carbonyl (C=O) groups is 1. The number of sulfonamides is 1. The van der Waals surface area contributed by atoms with Crippen LogP contribution in [0.1, 0.15) is 19.7 Å². The number of alkyl halides is 3. The maximum Gasteiger partial charge on any atom is 0.451 e. The number of amides is 1. The molecule has 0 aliphatic carbocycles. The van der Waals surface area contributed by atoms with Gasteiger partial charge in [0.1, 0.15) is 5.03 Å². The summed E-state index contributed by atoms with van der Waals surface area (Å²) in [6, 6.07) is 12.1. The zero-order chi connectivity index (χ0) is 24.2. The number of hydrogen-bond acceptors (Lipinski definition) is 6. The molecular weight excluding hydrogens is 477 g/mol. The third kappa shape index (κ3) is 5.81. The number of hydrogen-bond donors (Lipinski definition) is 1. The van der Waals surface area contributed by atoms with E-state index in [1.165, 1.54) is 34.6 Å². The molecule has 1 heterocycles. The standard InChI is InChI=1S/C21H21F3N4O3S2/c1-3-28(4-2)33(30,31)15-9-7-8-14(12-15)25-18(29)13-32-19-16-10-5-6-11-17(16)26-20(27-19)21(22,23)24/h5-12H,3-4,13H2,1-2H3,(H,25,29). The summed E-state index contributed by atoms with van der Waals surface area (Å²) in [7, 11) is -3.70. The molecule has 0 fully saturated rings. The van der Waals surface area contributed by atoms with Crippen LogP contribution in [0.2, 0.25) is 0 Å². The third-order valence-electron chi connectivity index (χ3n) is 4.62. The van der Waals surface area contributed by atoms with Crippen molar-refractivity contribution in [2.24, 2.45) is 0 Å². The van der Waals surface area contributed by atoms with Crippen molar-refractivity contribution >= 4 is 44.3 Å². The summed E-state index contributed by atoms with van der Waals surface area (Å²) >= 11 is 0.840. The fraction of sp³-hybridized carbons (Fsp3) is 0.286. The lowest BCUT2D eigenvalue weighted by Gasteiger charge is -2.18. The van der Waals surface area contributed by atoms with Gasteiger partial charge >= 0.3 is 6.18 Å². The SMILES string of the molecule is CCN(CC)S(=O)(=O)c1cccc(NC(=O)CSc2nc(C(F)(F)F)nc3ccccc23)c1.